The van der Waals surface area contributed by atoms with Crippen molar-refractivity contribution >= 4 is 5.97 Å². The highest BCUT2D eigenvalue weighted by Crippen LogP contribution is 2.16. The van der Waals surface area contributed by atoms with E-state index in [0.29, 0.717) is 6.42 Å². The van der Waals surface area contributed by atoms with Crippen LogP contribution in [0.25, 0.3) is 0 Å². The summed E-state index contributed by atoms with van der Waals surface area (Å²) < 4.78 is 5.36. The highest BCUT2D eigenvalue weighted by atomic mass is 16.5. The molecule has 1 aromatic heterocycles. The summed E-state index contributed by atoms with van der Waals surface area (Å²) in [5, 5.41) is 0. The summed E-state index contributed by atoms with van der Waals surface area (Å²) in [6.07, 6.45) is 3.70. The van der Waals surface area contributed by atoms with E-state index in [1.54, 1.807) is 12.4 Å². The van der Waals surface area contributed by atoms with Gasteiger partial charge in [0, 0.05) is 12.4 Å². The Morgan fingerprint density at radius 2 is 2.06 bits per heavy atom. The molecular formula is C14H15NO2. The fourth-order valence-electron chi connectivity index (χ4n) is 1.67. The molecule has 0 unspecified atom stereocenters. The van der Waals surface area contributed by atoms with Gasteiger partial charge in [-0.05, 0) is 24.1 Å². The molecule has 1 N–H and O–H groups in total. The van der Waals surface area contributed by atoms with Gasteiger partial charge >= 0.3 is 5.97 Å². The van der Waals surface area contributed by atoms with E-state index in [0.717, 1.165) is 11.1 Å². The predicted octanol–water partition coefficient (Wildman–Crippen LogP) is 2.86. The van der Waals surface area contributed by atoms with E-state index in [1.165, 1.54) is 0 Å². The lowest BCUT2D eigenvalue weighted by molar-refractivity contribution is -0.147. The smallest absolute Gasteiger partial charge is 0.310 e. The molecule has 17 heavy (non-hydrogen) atoms. The van der Waals surface area contributed by atoms with Gasteiger partial charge in [0.05, 0.1) is 6.42 Å². The first-order valence-electron chi connectivity index (χ1n) is 5.62. The van der Waals surface area contributed by atoms with E-state index in [4.69, 9.17) is 4.74 Å². The first-order chi connectivity index (χ1) is 8.25. The second kappa shape index (κ2) is 5.34. The number of carbonyl (C=O) groups excluding carboxylic acids is 1. The SMILES string of the molecule is C[C@H](OC(=O)Cc1cc[nH]c1)c1ccccc1. The van der Waals surface area contributed by atoms with Crippen molar-refractivity contribution in [3.05, 3.63) is 59.9 Å². The summed E-state index contributed by atoms with van der Waals surface area (Å²) in [7, 11) is 0. The van der Waals surface area contributed by atoms with Crippen LogP contribution in [-0.4, -0.2) is 11.0 Å². The van der Waals surface area contributed by atoms with Crippen LogP contribution in [0.3, 0.4) is 0 Å². The Balaban J connectivity index is 1.91. The van der Waals surface area contributed by atoms with Gasteiger partial charge in [0.15, 0.2) is 0 Å². The molecule has 0 amide bonds. The van der Waals surface area contributed by atoms with Crippen LogP contribution in [0.15, 0.2) is 48.8 Å². The summed E-state index contributed by atoms with van der Waals surface area (Å²) in [6, 6.07) is 11.6. The Morgan fingerprint density at radius 1 is 1.29 bits per heavy atom. The molecule has 2 aromatic rings. The minimum absolute atomic E-state index is 0.206. The maximum Gasteiger partial charge on any atom is 0.310 e. The molecule has 0 radical (unpaired) electrons. The Bertz CT molecular complexity index is 462. The summed E-state index contributed by atoms with van der Waals surface area (Å²) in [4.78, 5) is 14.6. The maximum absolute atomic E-state index is 11.7. The average molecular weight is 229 g/mol. The van der Waals surface area contributed by atoms with Crippen LogP contribution >= 0.6 is 0 Å². The molecule has 0 spiro atoms. The minimum Gasteiger partial charge on any atom is -0.458 e. The zero-order valence-corrected chi connectivity index (χ0v) is 9.72. The first kappa shape index (κ1) is 11.5. The monoisotopic (exact) mass is 229 g/mol. The molecule has 3 heteroatoms. The van der Waals surface area contributed by atoms with Gasteiger partial charge in [0.2, 0.25) is 0 Å². The van der Waals surface area contributed by atoms with Gasteiger partial charge in [-0.25, -0.2) is 0 Å². The summed E-state index contributed by atoms with van der Waals surface area (Å²) in [6.45, 7) is 1.88. The molecule has 1 heterocycles. The third-order valence-corrected chi connectivity index (χ3v) is 2.59. The summed E-state index contributed by atoms with van der Waals surface area (Å²) in [5.41, 5.74) is 1.95. The molecule has 0 saturated heterocycles. The van der Waals surface area contributed by atoms with E-state index in [9.17, 15) is 4.79 Å². The fraction of sp³-hybridized carbons (Fsp3) is 0.214. The maximum atomic E-state index is 11.7. The molecule has 88 valence electrons. The van der Waals surface area contributed by atoms with Crippen molar-refractivity contribution in [1.82, 2.24) is 4.98 Å². The molecule has 0 aliphatic heterocycles. The molecular weight excluding hydrogens is 214 g/mol. The number of carbonyl (C=O) groups is 1. The highest BCUT2D eigenvalue weighted by Gasteiger charge is 2.11. The van der Waals surface area contributed by atoms with Gasteiger partial charge in [-0.1, -0.05) is 30.3 Å². The van der Waals surface area contributed by atoms with Crippen molar-refractivity contribution in [2.75, 3.05) is 0 Å². The zero-order chi connectivity index (χ0) is 12.1. The Morgan fingerprint density at radius 3 is 2.71 bits per heavy atom. The van der Waals surface area contributed by atoms with Gasteiger partial charge in [-0.15, -0.1) is 0 Å². The standard InChI is InChI=1S/C14H15NO2/c1-11(13-5-3-2-4-6-13)17-14(16)9-12-7-8-15-10-12/h2-8,10-11,15H,9H2,1H3/t11-/m0/s1. The third-order valence-electron chi connectivity index (χ3n) is 2.59. The van der Waals surface area contributed by atoms with E-state index in [2.05, 4.69) is 4.98 Å². The van der Waals surface area contributed by atoms with Crippen LogP contribution in [0.4, 0.5) is 0 Å². The number of H-pyrrole nitrogens is 1. The van der Waals surface area contributed by atoms with Crippen LogP contribution in [0.2, 0.25) is 0 Å². The van der Waals surface area contributed by atoms with Gasteiger partial charge in [0.1, 0.15) is 6.10 Å². The van der Waals surface area contributed by atoms with Crippen molar-refractivity contribution in [3.8, 4) is 0 Å². The fourth-order valence-corrected chi connectivity index (χ4v) is 1.67. The predicted molar refractivity (Wildman–Crippen MR) is 65.4 cm³/mol. The summed E-state index contributed by atoms with van der Waals surface area (Å²) >= 11 is 0. The third kappa shape index (κ3) is 3.21. The second-order valence-electron chi connectivity index (χ2n) is 3.94. The van der Waals surface area contributed by atoms with Crippen LogP contribution < -0.4 is 0 Å². The van der Waals surface area contributed by atoms with E-state index in [1.807, 2.05) is 43.3 Å². The zero-order valence-electron chi connectivity index (χ0n) is 9.72. The number of benzene rings is 1. The number of nitrogens with one attached hydrogen (secondary N) is 1. The number of ether oxygens (including phenoxy) is 1. The van der Waals surface area contributed by atoms with Gasteiger partial charge in [0.25, 0.3) is 0 Å². The molecule has 0 fully saturated rings. The first-order valence-corrected chi connectivity index (χ1v) is 5.62. The molecule has 1 atom stereocenters. The molecule has 3 nitrogen and oxygen atoms in total. The van der Waals surface area contributed by atoms with Crippen LogP contribution in [0, 0.1) is 0 Å². The van der Waals surface area contributed by atoms with Crippen molar-refractivity contribution < 1.29 is 9.53 Å². The largest absolute Gasteiger partial charge is 0.458 e. The molecule has 1 aromatic carbocycles. The van der Waals surface area contributed by atoms with E-state index < -0.39 is 0 Å². The lowest BCUT2D eigenvalue weighted by Gasteiger charge is -2.13. The van der Waals surface area contributed by atoms with Gasteiger partial charge < -0.3 is 9.72 Å². The average Bonchev–Trinajstić information content (AvgIpc) is 2.82. The minimum atomic E-state index is -0.207. The number of hydrogen-bond donors (Lipinski definition) is 1. The molecule has 0 bridgehead atoms. The van der Waals surface area contributed by atoms with Crippen molar-refractivity contribution in [3.63, 3.8) is 0 Å². The van der Waals surface area contributed by atoms with Crippen molar-refractivity contribution in [2.45, 2.75) is 19.4 Å². The number of rotatable bonds is 4. The van der Waals surface area contributed by atoms with E-state index >= 15 is 0 Å². The molecule has 2 rings (SSSR count). The van der Waals surface area contributed by atoms with Crippen LogP contribution in [0.5, 0.6) is 0 Å². The number of aromatic amines is 1. The number of hydrogen-bond acceptors (Lipinski definition) is 2. The number of esters is 1. The Hall–Kier alpha value is -2.03. The second-order valence-corrected chi connectivity index (χ2v) is 3.94. The quantitative estimate of drug-likeness (QED) is 0.819. The lowest BCUT2D eigenvalue weighted by Crippen LogP contribution is -2.11. The Labute approximate surface area is 100 Å². The van der Waals surface area contributed by atoms with Crippen molar-refractivity contribution in [1.29, 1.82) is 0 Å². The molecule has 0 aliphatic carbocycles. The van der Waals surface area contributed by atoms with E-state index in [-0.39, 0.29) is 12.1 Å². The Kier molecular flexibility index (Phi) is 3.60. The summed E-state index contributed by atoms with van der Waals surface area (Å²) in [5.74, 6) is -0.207. The van der Waals surface area contributed by atoms with Gasteiger partial charge in [-0.3, -0.25) is 4.79 Å². The van der Waals surface area contributed by atoms with Crippen molar-refractivity contribution in [2.24, 2.45) is 0 Å². The normalized spacial score (nSPS) is 12.1. The highest BCUT2D eigenvalue weighted by molar-refractivity contribution is 5.72. The molecule has 0 saturated carbocycles. The lowest BCUT2D eigenvalue weighted by atomic mass is 10.1. The topological polar surface area (TPSA) is 42.1 Å². The number of aromatic nitrogens is 1. The molecule has 0 aliphatic rings. The van der Waals surface area contributed by atoms with Crippen LogP contribution in [-0.2, 0) is 16.0 Å². The van der Waals surface area contributed by atoms with Crippen LogP contribution in [0.1, 0.15) is 24.2 Å². The van der Waals surface area contributed by atoms with Gasteiger partial charge in [-0.2, -0.15) is 0 Å².